The minimum absolute atomic E-state index is 0.148. The number of nitrogens with one attached hydrogen (secondary N) is 1. The van der Waals surface area contributed by atoms with Crippen LogP contribution >= 0.6 is 0 Å². The molecule has 0 aromatic heterocycles. The van der Waals surface area contributed by atoms with Crippen molar-refractivity contribution in [1.82, 2.24) is 5.32 Å². The van der Waals surface area contributed by atoms with E-state index in [4.69, 9.17) is 0 Å². The maximum Gasteiger partial charge on any atom is 0.127 e. The first-order valence-corrected chi connectivity index (χ1v) is 6.16. The Labute approximate surface area is 108 Å². The van der Waals surface area contributed by atoms with Crippen molar-refractivity contribution in [2.45, 2.75) is 26.9 Å². The summed E-state index contributed by atoms with van der Waals surface area (Å²) in [6.45, 7) is 5.50. The minimum Gasteiger partial charge on any atom is -0.309 e. The fourth-order valence-electron chi connectivity index (χ4n) is 2.15. The Bertz CT molecular complexity index is 514. The zero-order valence-electron chi connectivity index (χ0n) is 10.8. The molecular formula is C16H18FN. The van der Waals surface area contributed by atoms with Gasteiger partial charge in [-0.1, -0.05) is 47.5 Å². The van der Waals surface area contributed by atoms with Crippen LogP contribution in [0.2, 0.25) is 0 Å². The van der Waals surface area contributed by atoms with Crippen LogP contribution in [0.3, 0.4) is 0 Å². The van der Waals surface area contributed by atoms with Crippen molar-refractivity contribution in [3.05, 3.63) is 70.5 Å². The van der Waals surface area contributed by atoms with Gasteiger partial charge in [0.05, 0.1) is 0 Å². The van der Waals surface area contributed by atoms with Gasteiger partial charge in [0.25, 0.3) is 0 Å². The lowest BCUT2D eigenvalue weighted by molar-refractivity contribution is 0.588. The molecule has 2 rings (SSSR count). The molecule has 0 saturated carbocycles. The molecule has 0 amide bonds. The molecule has 0 aliphatic rings. The van der Waals surface area contributed by atoms with Gasteiger partial charge in [-0.25, -0.2) is 4.39 Å². The quantitative estimate of drug-likeness (QED) is 0.862. The lowest BCUT2D eigenvalue weighted by atomic mass is 10.1. The molecule has 2 heteroatoms. The highest BCUT2D eigenvalue weighted by Gasteiger charge is 2.00. The van der Waals surface area contributed by atoms with Crippen molar-refractivity contribution in [3.8, 4) is 0 Å². The van der Waals surface area contributed by atoms with E-state index in [9.17, 15) is 4.39 Å². The number of benzene rings is 2. The van der Waals surface area contributed by atoms with Crippen LogP contribution in [0.1, 0.15) is 22.3 Å². The van der Waals surface area contributed by atoms with Gasteiger partial charge in [-0.3, -0.25) is 0 Å². The summed E-state index contributed by atoms with van der Waals surface area (Å²) in [6.07, 6.45) is 0. The topological polar surface area (TPSA) is 12.0 Å². The number of hydrogen-bond donors (Lipinski definition) is 1. The van der Waals surface area contributed by atoms with Crippen LogP contribution in [0.4, 0.5) is 4.39 Å². The van der Waals surface area contributed by atoms with E-state index in [0.717, 1.165) is 6.54 Å². The molecule has 0 atom stereocenters. The molecule has 2 aromatic rings. The van der Waals surface area contributed by atoms with Crippen molar-refractivity contribution in [3.63, 3.8) is 0 Å². The van der Waals surface area contributed by atoms with Crippen LogP contribution in [0, 0.1) is 19.7 Å². The third-order valence-electron chi connectivity index (χ3n) is 2.88. The zero-order valence-corrected chi connectivity index (χ0v) is 10.8. The third-order valence-corrected chi connectivity index (χ3v) is 2.88. The highest BCUT2D eigenvalue weighted by atomic mass is 19.1. The molecule has 0 aliphatic carbocycles. The molecule has 0 saturated heterocycles. The van der Waals surface area contributed by atoms with Gasteiger partial charge in [-0.2, -0.15) is 0 Å². The van der Waals surface area contributed by atoms with E-state index in [1.54, 1.807) is 6.07 Å². The van der Waals surface area contributed by atoms with Gasteiger partial charge in [0, 0.05) is 18.7 Å². The summed E-state index contributed by atoms with van der Waals surface area (Å²) in [7, 11) is 0. The molecule has 0 radical (unpaired) electrons. The summed E-state index contributed by atoms with van der Waals surface area (Å²) in [5.41, 5.74) is 4.47. The van der Waals surface area contributed by atoms with Gasteiger partial charge in [-0.15, -0.1) is 0 Å². The van der Waals surface area contributed by atoms with Crippen LogP contribution < -0.4 is 5.32 Å². The Kier molecular flexibility index (Phi) is 4.11. The third kappa shape index (κ3) is 3.41. The summed E-state index contributed by atoms with van der Waals surface area (Å²) in [5, 5.41) is 3.27. The Balaban J connectivity index is 1.94. The number of halogens is 1. The smallest absolute Gasteiger partial charge is 0.127 e. The van der Waals surface area contributed by atoms with Gasteiger partial charge in [0.1, 0.15) is 5.82 Å². The van der Waals surface area contributed by atoms with Gasteiger partial charge >= 0.3 is 0 Å². The van der Waals surface area contributed by atoms with E-state index in [0.29, 0.717) is 12.1 Å². The molecule has 0 aliphatic heterocycles. The Hall–Kier alpha value is -1.67. The fraction of sp³-hybridized carbons (Fsp3) is 0.250. The second-order valence-corrected chi connectivity index (χ2v) is 4.69. The van der Waals surface area contributed by atoms with E-state index < -0.39 is 0 Å². The lowest BCUT2D eigenvalue weighted by Crippen LogP contribution is -2.13. The number of aryl methyl sites for hydroxylation is 2. The van der Waals surface area contributed by atoms with Crippen LogP contribution in [0.15, 0.2) is 42.5 Å². The highest BCUT2D eigenvalue weighted by Crippen LogP contribution is 2.10. The molecule has 0 heterocycles. The monoisotopic (exact) mass is 243 g/mol. The molecule has 1 nitrogen and oxygen atoms in total. The number of rotatable bonds is 4. The molecule has 94 valence electrons. The summed E-state index contributed by atoms with van der Waals surface area (Å²) in [6, 6.07) is 13.3. The zero-order chi connectivity index (χ0) is 13.0. The summed E-state index contributed by atoms with van der Waals surface area (Å²) in [4.78, 5) is 0. The van der Waals surface area contributed by atoms with E-state index in [1.165, 1.54) is 22.8 Å². The van der Waals surface area contributed by atoms with Gasteiger partial charge in [0.2, 0.25) is 0 Å². The van der Waals surface area contributed by atoms with Gasteiger partial charge in [-0.05, 0) is 25.5 Å². The highest BCUT2D eigenvalue weighted by molar-refractivity contribution is 5.28. The molecular weight excluding hydrogens is 225 g/mol. The van der Waals surface area contributed by atoms with Crippen LogP contribution in [-0.4, -0.2) is 0 Å². The van der Waals surface area contributed by atoms with E-state index in [1.807, 2.05) is 12.1 Å². The Morgan fingerprint density at radius 2 is 1.61 bits per heavy atom. The Morgan fingerprint density at radius 3 is 2.28 bits per heavy atom. The van der Waals surface area contributed by atoms with Gasteiger partial charge < -0.3 is 5.32 Å². The van der Waals surface area contributed by atoms with Crippen molar-refractivity contribution < 1.29 is 4.39 Å². The van der Waals surface area contributed by atoms with Crippen molar-refractivity contribution in [2.75, 3.05) is 0 Å². The molecule has 0 bridgehead atoms. The van der Waals surface area contributed by atoms with Crippen LogP contribution in [0.5, 0.6) is 0 Å². The predicted octanol–water partition coefficient (Wildman–Crippen LogP) is 3.73. The van der Waals surface area contributed by atoms with Crippen LogP contribution in [0.25, 0.3) is 0 Å². The first-order valence-electron chi connectivity index (χ1n) is 6.16. The minimum atomic E-state index is -0.148. The molecule has 2 aromatic carbocycles. The fourth-order valence-corrected chi connectivity index (χ4v) is 2.15. The maximum absolute atomic E-state index is 13.4. The molecule has 0 unspecified atom stereocenters. The van der Waals surface area contributed by atoms with Crippen molar-refractivity contribution in [2.24, 2.45) is 0 Å². The van der Waals surface area contributed by atoms with E-state index >= 15 is 0 Å². The van der Waals surface area contributed by atoms with E-state index in [2.05, 4.69) is 37.4 Å². The SMILES string of the molecule is Cc1cc(C)cc(CNCc2ccccc2F)c1. The number of hydrogen-bond acceptors (Lipinski definition) is 1. The normalized spacial score (nSPS) is 10.6. The van der Waals surface area contributed by atoms with Crippen LogP contribution in [-0.2, 0) is 13.1 Å². The summed E-state index contributed by atoms with van der Waals surface area (Å²) >= 11 is 0. The molecule has 0 fully saturated rings. The Morgan fingerprint density at radius 1 is 0.944 bits per heavy atom. The van der Waals surface area contributed by atoms with Crippen molar-refractivity contribution in [1.29, 1.82) is 0 Å². The maximum atomic E-state index is 13.4. The summed E-state index contributed by atoms with van der Waals surface area (Å²) in [5.74, 6) is -0.148. The van der Waals surface area contributed by atoms with E-state index in [-0.39, 0.29) is 5.82 Å². The average molecular weight is 243 g/mol. The second-order valence-electron chi connectivity index (χ2n) is 4.69. The second kappa shape index (κ2) is 5.78. The lowest BCUT2D eigenvalue weighted by Gasteiger charge is -2.08. The first kappa shape index (κ1) is 12.8. The predicted molar refractivity (Wildman–Crippen MR) is 72.9 cm³/mol. The standard InChI is InChI=1S/C16H18FN/c1-12-7-13(2)9-14(8-12)10-18-11-15-5-3-4-6-16(15)17/h3-9,18H,10-11H2,1-2H3. The first-order chi connectivity index (χ1) is 8.65. The average Bonchev–Trinajstić information content (AvgIpc) is 2.30. The summed E-state index contributed by atoms with van der Waals surface area (Å²) < 4.78 is 13.4. The van der Waals surface area contributed by atoms with Crippen molar-refractivity contribution >= 4 is 0 Å². The molecule has 1 N–H and O–H groups in total. The largest absolute Gasteiger partial charge is 0.309 e. The molecule has 18 heavy (non-hydrogen) atoms. The van der Waals surface area contributed by atoms with Gasteiger partial charge in [0.15, 0.2) is 0 Å². The molecule has 0 spiro atoms.